The van der Waals surface area contributed by atoms with E-state index in [1.165, 1.54) is 6.08 Å². The third kappa shape index (κ3) is 3.47. The first-order valence-corrected chi connectivity index (χ1v) is 4.53. The van der Waals surface area contributed by atoms with Gasteiger partial charge in [0, 0.05) is 13.0 Å². The number of piperidine rings is 1. The molecule has 0 bridgehead atoms. The number of alkyl carbamates (subject to hydrolysis) is 1. The second-order valence-electron chi connectivity index (χ2n) is 3.07. The van der Waals surface area contributed by atoms with Gasteiger partial charge >= 0.3 is 6.09 Å². The van der Waals surface area contributed by atoms with Crippen LogP contribution in [0.3, 0.4) is 0 Å². The Hall–Kier alpha value is -1.52. The third-order valence-corrected chi connectivity index (χ3v) is 1.92. The molecule has 0 aliphatic carbocycles. The van der Waals surface area contributed by atoms with Crippen LogP contribution in [0, 0.1) is 0 Å². The molecule has 1 heterocycles. The predicted molar refractivity (Wildman–Crippen MR) is 50.7 cm³/mol. The molecule has 1 atom stereocenters. The highest BCUT2D eigenvalue weighted by molar-refractivity contribution is 5.77. The van der Waals surface area contributed by atoms with Crippen molar-refractivity contribution in [3.8, 4) is 0 Å². The van der Waals surface area contributed by atoms with E-state index in [1.807, 2.05) is 0 Å². The highest BCUT2D eigenvalue weighted by Crippen LogP contribution is 2.02. The van der Waals surface area contributed by atoms with Crippen molar-refractivity contribution >= 4 is 12.0 Å². The van der Waals surface area contributed by atoms with Crippen molar-refractivity contribution in [1.29, 1.82) is 0 Å². The van der Waals surface area contributed by atoms with Crippen LogP contribution < -0.4 is 10.6 Å². The van der Waals surface area contributed by atoms with Gasteiger partial charge in [-0.25, -0.2) is 4.79 Å². The van der Waals surface area contributed by atoms with Crippen LogP contribution in [0.25, 0.3) is 0 Å². The second kappa shape index (κ2) is 5.26. The van der Waals surface area contributed by atoms with Gasteiger partial charge in [0.25, 0.3) is 0 Å². The van der Waals surface area contributed by atoms with Crippen LogP contribution in [-0.2, 0) is 9.53 Å². The van der Waals surface area contributed by atoms with Gasteiger partial charge in [-0.15, -0.1) is 0 Å². The summed E-state index contributed by atoms with van der Waals surface area (Å²) < 4.78 is 4.74. The molecule has 14 heavy (non-hydrogen) atoms. The fourth-order valence-corrected chi connectivity index (χ4v) is 1.20. The zero-order valence-electron chi connectivity index (χ0n) is 7.91. The zero-order chi connectivity index (χ0) is 10.4. The van der Waals surface area contributed by atoms with E-state index in [2.05, 4.69) is 17.2 Å². The lowest BCUT2D eigenvalue weighted by atomic mass is 10.1. The summed E-state index contributed by atoms with van der Waals surface area (Å²) in [5.74, 6) is 0.0301. The fourth-order valence-electron chi connectivity index (χ4n) is 1.20. The monoisotopic (exact) mass is 198 g/mol. The van der Waals surface area contributed by atoms with Gasteiger partial charge in [0.15, 0.2) is 0 Å². The van der Waals surface area contributed by atoms with Crippen molar-refractivity contribution in [3.05, 3.63) is 12.7 Å². The van der Waals surface area contributed by atoms with Gasteiger partial charge in [0.1, 0.15) is 6.61 Å². The van der Waals surface area contributed by atoms with Crippen molar-refractivity contribution in [2.45, 2.75) is 18.9 Å². The molecule has 0 spiro atoms. The molecule has 0 aromatic rings. The number of carbonyl (C=O) groups excluding carboxylic acids is 2. The lowest BCUT2D eigenvalue weighted by Crippen LogP contribution is -2.47. The summed E-state index contributed by atoms with van der Waals surface area (Å²) in [6.45, 7) is 4.10. The number of carbonyl (C=O) groups is 2. The van der Waals surface area contributed by atoms with E-state index in [-0.39, 0.29) is 18.6 Å². The number of nitrogens with one attached hydrogen (secondary N) is 2. The average Bonchev–Trinajstić information content (AvgIpc) is 2.18. The molecule has 1 aliphatic heterocycles. The fraction of sp³-hybridized carbons (Fsp3) is 0.556. The van der Waals surface area contributed by atoms with Crippen LogP contribution >= 0.6 is 0 Å². The molecule has 0 aromatic heterocycles. The minimum absolute atomic E-state index is 0.0231. The van der Waals surface area contributed by atoms with Gasteiger partial charge in [-0.05, 0) is 6.42 Å². The van der Waals surface area contributed by atoms with E-state index in [0.717, 1.165) is 0 Å². The molecule has 0 aromatic carbocycles. The maximum atomic E-state index is 11.1. The van der Waals surface area contributed by atoms with Crippen LogP contribution in [0.15, 0.2) is 12.7 Å². The van der Waals surface area contributed by atoms with Gasteiger partial charge in [-0.3, -0.25) is 4.79 Å². The van der Waals surface area contributed by atoms with Gasteiger partial charge < -0.3 is 15.4 Å². The molecule has 2 N–H and O–H groups in total. The smallest absolute Gasteiger partial charge is 0.407 e. The Kier molecular flexibility index (Phi) is 3.97. The Labute approximate surface area is 82.5 Å². The van der Waals surface area contributed by atoms with Crippen molar-refractivity contribution in [2.24, 2.45) is 0 Å². The first-order chi connectivity index (χ1) is 6.72. The molecule has 0 saturated carbocycles. The van der Waals surface area contributed by atoms with E-state index in [4.69, 9.17) is 4.74 Å². The number of hydrogen-bond acceptors (Lipinski definition) is 3. The third-order valence-electron chi connectivity index (χ3n) is 1.92. The Bertz CT molecular complexity index is 230. The van der Waals surface area contributed by atoms with E-state index in [1.54, 1.807) is 0 Å². The van der Waals surface area contributed by atoms with E-state index >= 15 is 0 Å². The molecule has 5 heteroatoms. The SMILES string of the molecule is C=CCOC(=O)NC1CCC(=O)NC1. The van der Waals surface area contributed by atoms with Crippen LogP contribution in [0.2, 0.25) is 0 Å². The zero-order valence-corrected chi connectivity index (χ0v) is 7.91. The second-order valence-corrected chi connectivity index (χ2v) is 3.07. The van der Waals surface area contributed by atoms with Crippen LogP contribution in [0.5, 0.6) is 0 Å². The standard InChI is InChI=1S/C9H14N2O3/c1-2-5-14-9(13)11-7-3-4-8(12)10-6-7/h2,7H,1,3-6H2,(H,10,12)(H,11,13). The Morgan fingerprint density at radius 2 is 2.57 bits per heavy atom. The van der Waals surface area contributed by atoms with Gasteiger partial charge in [-0.1, -0.05) is 12.7 Å². The molecule has 78 valence electrons. The Morgan fingerprint density at radius 1 is 1.79 bits per heavy atom. The average molecular weight is 198 g/mol. The molecular formula is C9H14N2O3. The highest BCUT2D eigenvalue weighted by Gasteiger charge is 2.19. The molecule has 0 radical (unpaired) electrons. The van der Waals surface area contributed by atoms with E-state index < -0.39 is 6.09 Å². The van der Waals surface area contributed by atoms with Crippen molar-refractivity contribution < 1.29 is 14.3 Å². The number of rotatable bonds is 3. The molecule has 1 saturated heterocycles. The molecular weight excluding hydrogens is 184 g/mol. The lowest BCUT2D eigenvalue weighted by Gasteiger charge is -2.22. The summed E-state index contributed by atoms with van der Waals surface area (Å²) in [4.78, 5) is 21.9. The Morgan fingerprint density at radius 3 is 3.14 bits per heavy atom. The van der Waals surface area contributed by atoms with Gasteiger partial charge in [-0.2, -0.15) is 0 Å². The Balaban J connectivity index is 2.20. The molecule has 2 amide bonds. The quantitative estimate of drug-likeness (QED) is 0.635. The summed E-state index contributed by atoms with van der Waals surface area (Å²) in [5.41, 5.74) is 0. The number of hydrogen-bond donors (Lipinski definition) is 2. The molecule has 5 nitrogen and oxygen atoms in total. The summed E-state index contributed by atoms with van der Waals surface area (Å²) in [6.07, 6.45) is 2.15. The van der Waals surface area contributed by atoms with E-state index in [9.17, 15) is 9.59 Å². The van der Waals surface area contributed by atoms with Crippen LogP contribution in [0.4, 0.5) is 4.79 Å². The normalized spacial score (nSPS) is 20.9. The molecule has 1 rings (SSSR count). The maximum Gasteiger partial charge on any atom is 0.407 e. The summed E-state index contributed by atoms with van der Waals surface area (Å²) in [5, 5.41) is 5.31. The number of amides is 2. The first-order valence-electron chi connectivity index (χ1n) is 4.53. The van der Waals surface area contributed by atoms with Crippen LogP contribution in [0.1, 0.15) is 12.8 Å². The minimum atomic E-state index is -0.467. The summed E-state index contributed by atoms with van der Waals surface area (Å²) >= 11 is 0. The van der Waals surface area contributed by atoms with Gasteiger partial charge in [0.2, 0.25) is 5.91 Å². The summed E-state index contributed by atoms with van der Waals surface area (Å²) in [7, 11) is 0. The minimum Gasteiger partial charge on any atom is -0.445 e. The van der Waals surface area contributed by atoms with Crippen molar-refractivity contribution in [2.75, 3.05) is 13.2 Å². The molecule has 1 fully saturated rings. The largest absolute Gasteiger partial charge is 0.445 e. The topological polar surface area (TPSA) is 67.4 Å². The first kappa shape index (κ1) is 10.6. The molecule has 1 unspecified atom stereocenters. The van der Waals surface area contributed by atoms with Crippen molar-refractivity contribution in [3.63, 3.8) is 0 Å². The van der Waals surface area contributed by atoms with Gasteiger partial charge in [0.05, 0.1) is 6.04 Å². The highest BCUT2D eigenvalue weighted by atomic mass is 16.5. The van der Waals surface area contributed by atoms with E-state index in [0.29, 0.717) is 19.4 Å². The van der Waals surface area contributed by atoms with Crippen LogP contribution in [-0.4, -0.2) is 31.2 Å². The maximum absolute atomic E-state index is 11.1. The predicted octanol–water partition coefficient (Wildman–Crippen LogP) is 0.177. The molecule has 1 aliphatic rings. The number of ether oxygens (including phenoxy) is 1. The lowest BCUT2D eigenvalue weighted by molar-refractivity contribution is -0.122. The summed E-state index contributed by atoms with van der Waals surface area (Å²) in [6, 6.07) is -0.0231. The van der Waals surface area contributed by atoms with Crippen molar-refractivity contribution in [1.82, 2.24) is 10.6 Å².